The van der Waals surface area contributed by atoms with Gasteiger partial charge in [0, 0.05) is 5.92 Å². The Bertz CT molecular complexity index is 350. The number of anilines is 1. The molecule has 0 aliphatic carbocycles. The van der Waals surface area contributed by atoms with Crippen LogP contribution in [0.2, 0.25) is 5.15 Å². The first-order valence-electron chi connectivity index (χ1n) is 4.43. The number of rotatable bonds is 2. The van der Waals surface area contributed by atoms with Crippen molar-refractivity contribution < 1.29 is 4.79 Å². The minimum absolute atomic E-state index is 0.0199. The Morgan fingerprint density at radius 1 is 1.57 bits per heavy atom. The topological polar surface area (TPSA) is 42.0 Å². The molecule has 0 saturated heterocycles. The summed E-state index contributed by atoms with van der Waals surface area (Å²) >= 11 is 5.76. The smallest absolute Gasteiger partial charge is 0.226 e. The van der Waals surface area contributed by atoms with Crippen molar-refractivity contribution in [3.63, 3.8) is 0 Å². The molecule has 0 aliphatic rings. The highest BCUT2D eigenvalue weighted by Gasteiger charge is 2.07. The first-order chi connectivity index (χ1) is 6.50. The van der Waals surface area contributed by atoms with Gasteiger partial charge in [-0.3, -0.25) is 4.79 Å². The molecule has 3 nitrogen and oxygen atoms in total. The summed E-state index contributed by atoms with van der Waals surface area (Å²) in [4.78, 5) is 15.3. The average Bonchev–Trinajstić information content (AvgIpc) is 2.11. The zero-order valence-corrected chi connectivity index (χ0v) is 9.22. The average molecular weight is 213 g/mol. The second kappa shape index (κ2) is 4.42. The molecule has 0 aliphatic heterocycles. The number of amides is 1. The number of hydrogen-bond donors (Lipinski definition) is 1. The molecule has 1 aromatic heterocycles. The van der Waals surface area contributed by atoms with E-state index >= 15 is 0 Å². The van der Waals surface area contributed by atoms with Crippen LogP contribution in [0.5, 0.6) is 0 Å². The SMILES string of the molecule is Cc1cc(NC(=O)C(C)C)cnc1Cl. The lowest BCUT2D eigenvalue weighted by molar-refractivity contribution is -0.118. The summed E-state index contributed by atoms with van der Waals surface area (Å²) in [5, 5.41) is 3.21. The molecule has 1 amide bonds. The minimum atomic E-state index is -0.0361. The van der Waals surface area contributed by atoms with E-state index in [1.54, 1.807) is 12.3 Å². The highest BCUT2D eigenvalue weighted by molar-refractivity contribution is 6.30. The molecule has 0 saturated carbocycles. The Balaban J connectivity index is 2.78. The van der Waals surface area contributed by atoms with Crippen LogP contribution in [0.3, 0.4) is 0 Å². The van der Waals surface area contributed by atoms with Crippen LogP contribution in [-0.4, -0.2) is 10.9 Å². The van der Waals surface area contributed by atoms with Crippen LogP contribution in [0.15, 0.2) is 12.3 Å². The van der Waals surface area contributed by atoms with Crippen LogP contribution in [0.4, 0.5) is 5.69 Å². The van der Waals surface area contributed by atoms with Gasteiger partial charge in [0.1, 0.15) is 5.15 Å². The fourth-order valence-electron chi connectivity index (χ4n) is 0.913. The zero-order valence-electron chi connectivity index (χ0n) is 8.47. The van der Waals surface area contributed by atoms with Gasteiger partial charge in [-0.05, 0) is 18.6 Å². The molecule has 76 valence electrons. The number of aryl methyl sites for hydroxylation is 1. The van der Waals surface area contributed by atoms with Gasteiger partial charge in [-0.25, -0.2) is 4.98 Å². The van der Waals surface area contributed by atoms with E-state index in [9.17, 15) is 4.79 Å². The van der Waals surface area contributed by atoms with Gasteiger partial charge in [0.15, 0.2) is 0 Å². The molecule has 14 heavy (non-hydrogen) atoms. The van der Waals surface area contributed by atoms with E-state index in [4.69, 9.17) is 11.6 Å². The van der Waals surface area contributed by atoms with Crippen LogP contribution >= 0.6 is 11.6 Å². The van der Waals surface area contributed by atoms with Crippen LogP contribution in [0.1, 0.15) is 19.4 Å². The number of nitrogens with zero attached hydrogens (tertiary/aromatic N) is 1. The van der Waals surface area contributed by atoms with Crippen molar-refractivity contribution in [3.8, 4) is 0 Å². The van der Waals surface area contributed by atoms with E-state index in [1.165, 1.54) is 0 Å². The van der Waals surface area contributed by atoms with Crippen molar-refractivity contribution in [2.45, 2.75) is 20.8 Å². The summed E-state index contributed by atoms with van der Waals surface area (Å²) < 4.78 is 0. The molecule has 1 N–H and O–H groups in total. The third-order valence-corrected chi connectivity index (χ3v) is 2.20. The van der Waals surface area contributed by atoms with Crippen molar-refractivity contribution in [1.82, 2.24) is 4.98 Å². The number of aromatic nitrogens is 1. The van der Waals surface area contributed by atoms with Crippen molar-refractivity contribution in [2.75, 3.05) is 5.32 Å². The number of carbonyl (C=O) groups is 1. The van der Waals surface area contributed by atoms with Gasteiger partial charge in [-0.2, -0.15) is 0 Å². The Morgan fingerprint density at radius 2 is 2.21 bits per heavy atom. The van der Waals surface area contributed by atoms with Gasteiger partial charge in [0.05, 0.1) is 11.9 Å². The molecule has 0 radical (unpaired) electrons. The summed E-state index contributed by atoms with van der Waals surface area (Å²) in [7, 11) is 0. The third-order valence-electron chi connectivity index (χ3n) is 1.81. The molecule has 0 atom stereocenters. The molecule has 1 rings (SSSR count). The molecular formula is C10H13ClN2O. The van der Waals surface area contributed by atoms with Gasteiger partial charge in [0.2, 0.25) is 5.91 Å². The lowest BCUT2D eigenvalue weighted by Gasteiger charge is -2.08. The maximum absolute atomic E-state index is 11.3. The predicted molar refractivity (Wildman–Crippen MR) is 57.5 cm³/mol. The van der Waals surface area contributed by atoms with E-state index in [1.807, 2.05) is 20.8 Å². The largest absolute Gasteiger partial charge is 0.324 e. The van der Waals surface area contributed by atoms with Crippen LogP contribution in [0.25, 0.3) is 0 Å². The normalized spacial score (nSPS) is 10.4. The minimum Gasteiger partial charge on any atom is -0.324 e. The van der Waals surface area contributed by atoms with Crippen LogP contribution < -0.4 is 5.32 Å². The molecule has 0 fully saturated rings. The molecule has 0 bridgehead atoms. The van der Waals surface area contributed by atoms with Gasteiger partial charge in [-0.1, -0.05) is 25.4 Å². The fraction of sp³-hybridized carbons (Fsp3) is 0.400. The number of nitrogens with one attached hydrogen (secondary N) is 1. The molecular weight excluding hydrogens is 200 g/mol. The second-order valence-corrected chi connectivity index (χ2v) is 3.83. The van der Waals surface area contributed by atoms with Gasteiger partial charge >= 0.3 is 0 Å². The van der Waals surface area contributed by atoms with E-state index in [0.29, 0.717) is 10.8 Å². The Kier molecular flexibility index (Phi) is 3.47. The molecule has 0 aromatic carbocycles. The van der Waals surface area contributed by atoms with E-state index in [-0.39, 0.29) is 11.8 Å². The standard InChI is InChI=1S/C10H13ClN2O/c1-6(2)10(14)13-8-4-7(3)9(11)12-5-8/h4-6H,1-3H3,(H,13,14). The summed E-state index contributed by atoms with van der Waals surface area (Å²) in [5.74, 6) is -0.0560. The zero-order chi connectivity index (χ0) is 10.7. The number of hydrogen-bond acceptors (Lipinski definition) is 2. The monoisotopic (exact) mass is 212 g/mol. The molecule has 1 aromatic rings. The first-order valence-corrected chi connectivity index (χ1v) is 4.81. The van der Waals surface area contributed by atoms with Crippen molar-refractivity contribution in [1.29, 1.82) is 0 Å². The summed E-state index contributed by atoms with van der Waals surface area (Å²) in [6.45, 7) is 5.53. The summed E-state index contributed by atoms with van der Waals surface area (Å²) in [5.41, 5.74) is 1.54. The van der Waals surface area contributed by atoms with Crippen molar-refractivity contribution in [3.05, 3.63) is 23.0 Å². The van der Waals surface area contributed by atoms with Crippen LogP contribution in [-0.2, 0) is 4.79 Å². The quantitative estimate of drug-likeness (QED) is 0.766. The summed E-state index contributed by atoms with van der Waals surface area (Å²) in [6.07, 6.45) is 1.55. The van der Waals surface area contributed by atoms with Crippen molar-refractivity contribution >= 4 is 23.2 Å². The van der Waals surface area contributed by atoms with Gasteiger partial charge in [0.25, 0.3) is 0 Å². The van der Waals surface area contributed by atoms with E-state index < -0.39 is 0 Å². The van der Waals surface area contributed by atoms with Crippen molar-refractivity contribution in [2.24, 2.45) is 5.92 Å². The molecule has 0 spiro atoms. The lowest BCUT2D eigenvalue weighted by atomic mass is 10.2. The predicted octanol–water partition coefficient (Wildman–Crippen LogP) is 2.64. The summed E-state index contributed by atoms with van der Waals surface area (Å²) in [6, 6.07) is 1.80. The highest BCUT2D eigenvalue weighted by atomic mass is 35.5. The lowest BCUT2D eigenvalue weighted by Crippen LogP contribution is -2.17. The number of carbonyl (C=O) groups excluding carboxylic acids is 1. The van der Waals surface area contributed by atoms with Gasteiger partial charge in [-0.15, -0.1) is 0 Å². The van der Waals surface area contributed by atoms with Gasteiger partial charge < -0.3 is 5.32 Å². The number of halogens is 1. The maximum Gasteiger partial charge on any atom is 0.226 e. The Morgan fingerprint density at radius 3 is 2.71 bits per heavy atom. The van der Waals surface area contributed by atoms with Crippen LogP contribution in [0, 0.1) is 12.8 Å². The Labute approximate surface area is 88.5 Å². The number of pyridine rings is 1. The molecule has 4 heteroatoms. The molecule has 1 heterocycles. The van der Waals surface area contributed by atoms with E-state index in [0.717, 1.165) is 5.56 Å². The fourth-order valence-corrected chi connectivity index (χ4v) is 1.02. The third kappa shape index (κ3) is 2.70. The maximum atomic E-state index is 11.3. The molecule has 0 unspecified atom stereocenters. The first kappa shape index (κ1) is 11.0. The Hall–Kier alpha value is -1.09. The van der Waals surface area contributed by atoms with E-state index in [2.05, 4.69) is 10.3 Å². The second-order valence-electron chi connectivity index (χ2n) is 3.48. The highest BCUT2D eigenvalue weighted by Crippen LogP contribution is 2.16.